The number of hydrogen-bond acceptors (Lipinski definition) is 3. The Bertz CT molecular complexity index is 357. The zero-order chi connectivity index (χ0) is 13.2. The highest BCUT2D eigenvalue weighted by atomic mass is 32.2. The summed E-state index contributed by atoms with van der Waals surface area (Å²) in [5.74, 6) is 0.521. The smallest absolute Gasteiger partial charge is 0.220 e. The van der Waals surface area contributed by atoms with E-state index in [1.165, 1.54) is 12.1 Å². The molecular weight excluding hydrogens is 251 g/mol. The van der Waals surface area contributed by atoms with Gasteiger partial charge in [-0.05, 0) is 43.7 Å². The summed E-state index contributed by atoms with van der Waals surface area (Å²) in [5, 5.41) is 2.85. The van der Waals surface area contributed by atoms with Crippen LogP contribution in [0.15, 0.2) is 29.2 Å². The van der Waals surface area contributed by atoms with Gasteiger partial charge < -0.3 is 11.1 Å². The normalized spacial score (nSPS) is 10.3. The molecule has 0 heterocycles. The molecule has 0 atom stereocenters. The molecule has 0 aliphatic heterocycles. The van der Waals surface area contributed by atoms with E-state index < -0.39 is 0 Å². The Kier molecular flexibility index (Phi) is 7.44. The lowest BCUT2D eigenvalue weighted by molar-refractivity contribution is -0.120. The van der Waals surface area contributed by atoms with Crippen LogP contribution in [0.3, 0.4) is 0 Å². The maximum absolute atomic E-state index is 12.7. The number of amides is 1. The lowest BCUT2D eigenvalue weighted by atomic mass is 10.3. The standard InChI is InChI=1S/C13H19FN2OS/c14-11-3-5-12(6-4-11)18-10-7-13(17)16-9-2-1-8-15/h3-6H,1-2,7-10,15H2,(H,16,17). The van der Waals surface area contributed by atoms with Crippen LogP contribution in [0.4, 0.5) is 4.39 Å². The average molecular weight is 270 g/mol. The summed E-state index contributed by atoms with van der Waals surface area (Å²) in [4.78, 5) is 12.4. The Morgan fingerprint density at radius 1 is 1.28 bits per heavy atom. The topological polar surface area (TPSA) is 55.1 Å². The van der Waals surface area contributed by atoms with Crippen molar-refractivity contribution in [1.29, 1.82) is 0 Å². The van der Waals surface area contributed by atoms with Gasteiger partial charge in [-0.1, -0.05) is 0 Å². The van der Waals surface area contributed by atoms with Crippen LogP contribution in [0.1, 0.15) is 19.3 Å². The molecule has 100 valence electrons. The fourth-order valence-electron chi connectivity index (χ4n) is 1.38. The van der Waals surface area contributed by atoms with Crippen molar-refractivity contribution in [1.82, 2.24) is 5.32 Å². The van der Waals surface area contributed by atoms with Crippen molar-refractivity contribution in [2.75, 3.05) is 18.8 Å². The van der Waals surface area contributed by atoms with E-state index in [4.69, 9.17) is 5.73 Å². The number of halogens is 1. The van der Waals surface area contributed by atoms with Crippen molar-refractivity contribution < 1.29 is 9.18 Å². The highest BCUT2D eigenvalue weighted by molar-refractivity contribution is 7.99. The van der Waals surface area contributed by atoms with E-state index >= 15 is 0 Å². The molecule has 0 radical (unpaired) electrons. The van der Waals surface area contributed by atoms with Gasteiger partial charge in [0, 0.05) is 23.6 Å². The molecule has 1 aromatic carbocycles. The summed E-state index contributed by atoms with van der Waals surface area (Å²) in [6.45, 7) is 1.35. The van der Waals surface area contributed by atoms with Gasteiger partial charge in [-0.25, -0.2) is 4.39 Å². The van der Waals surface area contributed by atoms with Gasteiger partial charge in [0.05, 0.1) is 0 Å². The summed E-state index contributed by atoms with van der Waals surface area (Å²) in [7, 11) is 0. The quantitative estimate of drug-likeness (QED) is 0.562. The van der Waals surface area contributed by atoms with Crippen molar-refractivity contribution in [3.8, 4) is 0 Å². The van der Waals surface area contributed by atoms with Gasteiger partial charge in [0.15, 0.2) is 0 Å². The minimum absolute atomic E-state index is 0.0571. The lowest BCUT2D eigenvalue weighted by Crippen LogP contribution is -2.25. The molecule has 18 heavy (non-hydrogen) atoms. The van der Waals surface area contributed by atoms with Crippen molar-refractivity contribution in [2.24, 2.45) is 5.73 Å². The van der Waals surface area contributed by atoms with Crippen LogP contribution < -0.4 is 11.1 Å². The number of nitrogens with two attached hydrogens (primary N) is 1. The van der Waals surface area contributed by atoms with Crippen LogP contribution in [0, 0.1) is 5.82 Å². The van der Waals surface area contributed by atoms with E-state index in [1.54, 1.807) is 23.9 Å². The van der Waals surface area contributed by atoms with E-state index in [2.05, 4.69) is 5.32 Å². The Balaban J connectivity index is 2.10. The molecule has 3 nitrogen and oxygen atoms in total. The molecule has 1 amide bonds. The number of carbonyl (C=O) groups is 1. The molecule has 1 aromatic rings. The average Bonchev–Trinajstić information content (AvgIpc) is 2.37. The molecule has 5 heteroatoms. The predicted octanol–water partition coefficient (Wildman–Crippen LogP) is 2.16. The van der Waals surface area contributed by atoms with E-state index in [1.807, 2.05) is 0 Å². The first-order chi connectivity index (χ1) is 8.72. The number of thioether (sulfide) groups is 1. The van der Waals surface area contributed by atoms with Gasteiger partial charge in [-0.3, -0.25) is 4.79 Å². The fourth-order valence-corrected chi connectivity index (χ4v) is 2.23. The highest BCUT2D eigenvalue weighted by Crippen LogP contribution is 2.18. The monoisotopic (exact) mass is 270 g/mol. The number of carbonyl (C=O) groups excluding carboxylic acids is 1. The Hall–Kier alpha value is -1.07. The third kappa shape index (κ3) is 6.61. The van der Waals surface area contributed by atoms with Crippen molar-refractivity contribution in [3.05, 3.63) is 30.1 Å². The molecule has 0 aliphatic rings. The van der Waals surface area contributed by atoms with Gasteiger partial charge >= 0.3 is 0 Å². The molecule has 0 saturated heterocycles. The highest BCUT2D eigenvalue weighted by Gasteiger charge is 2.01. The number of nitrogens with one attached hydrogen (secondary N) is 1. The summed E-state index contributed by atoms with van der Waals surface area (Å²) in [6.07, 6.45) is 2.34. The summed E-state index contributed by atoms with van der Waals surface area (Å²) in [5.41, 5.74) is 5.36. The van der Waals surface area contributed by atoms with Crippen LogP contribution in [-0.2, 0) is 4.79 Å². The van der Waals surface area contributed by atoms with Crippen LogP contribution in [-0.4, -0.2) is 24.7 Å². The van der Waals surface area contributed by atoms with Gasteiger partial charge in [-0.15, -0.1) is 11.8 Å². The van der Waals surface area contributed by atoms with Gasteiger partial charge in [0.25, 0.3) is 0 Å². The molecule has 0 unspecified atom stereocenters. The first-order valence-corrected chi connectivity index (χ1v) is 7.06. The Morgan fingerprint density at radius 3 is 2.67 bits per heavy atom. The molecule has 1 rings (SSSR count). The Labute approximate surface area is 111 Å². The third-order valence-corrected chi connectivity index (χ3v) is 3.38. The maximum Gasteiger partial charge on any atom is 0.220 e. The van der Waals surface area contributed by atoms with Crippen LogP contribution in [0.25, 0.3) is 0 Å². The largest absolute Gasteiger partial charge is 0.356 e. The van der Waals surface area contributed by atoms with Crippen LogP contribution in [0.5, 0.6) is 0 Å². The summed E-state index contributed by atoms with van der Waals surface area (Å²) < 4.78 is 12.7. The van der Waals surface area contributed by atoms with E-state index in [9.17, 15) is 9.18 Å². The molecule has 0 spiro atoms. The fraction of sp³-hybridized carbons (Fsp3) is 0.462. The summed E-state index contributed by atoms with van der Waals surface area (Å²) in [6, 6.07) is 6.29. The zero-order valence-corrected chi connectivity index (χ0v) is 11.1. The van der Waals surface area contributed by atoms with Gasteiger partial charge in [0.1, 0.15) is 5.82 Å². The first-order valence-electron chi connectivity index (χ1n) is 6.07. The SMILES string of the molecule is NCCCCNC(=O)CCSc1ccc(F)cc1. The second kappa shape index (κ2) is 8.94. The van der Waals surface area contributed by atoms with E-state index in [-0.39, 0.29) is 11.7 Å². The van der Waals surface area contributed by atoms with Crippen molar-refractivity contribution in [3.63, 3.8) is 0 Å². The second-order valence-electron chi connectivity index (χ2n) is 3.90. The third-order valence-electron chi connectivity index (χ3n) is 2.36. The first kappa shape index (κ1) is 15.0. The molecule has 0 bridgehead atoms. The Morgan fingerprint density at radius 2 is 2.00 bits per heavy atom. The maximum atomic E-state index is 12.7. The van der Waals surface area contributed by atoms with Gasteiger partial charge in [-0.2, -0.15) is 0 Å². The zero-order valence-electron chi connectivity index (χ0n) is 10.3. The molecule has 3 N–H and O–H groups in total. The predicted molar refractivity (Wildman–Crippen MR) is 73.0 cm³/mol. The van der Waals surface area contributed by atoms with Crippen LogP contribution >= 0.6 is 11.8 Å². The number of rotatable bonds is 8. The molecule has 0 fully saturated rings. The van der Waals surface area contributed by atoms with Gasteiger partial charge in [0.2, 0.25) is 5.91 Å². The minimum Gasteiger partial charge on any atom is -0.356 e. The number of benzene rings is 1. The summed E-state index contributed by atoms with van der Waals surface area (Å²) >= 11 is 1.55. The van der Waals surface area contributed by atoms with Crippen molar-refractivity contribution in [2.45, 2.75) is 24.2 Å². The number of unbranched alkanes of at least 4 members (excludes halogenated alkanes) is 1. The van der Waals surface area contributed by atoms with E-state index in [0.717, 1.165) is 17.7 Å². The molecular formula is C13H19FN2OS. The van der Waals surface area contributed by atoms with E-state index in [0.29, 0.717) is 25.3 Å². The van der Waals surface area contributed by atoms with Crippen LogP contribution in [0.2, 0.25) is 0 Å². The lowest BCUT2D eigenvalue weighted by Gasteiger charge is -2.04. The second-order valence-corrected chi connectivity index (χ2v) is 5.07. The van der Waals surface area contributed by atoms with Crippen molar-refractivity contribution >= 4 is 17.7 Å². The molecule has 0 saturated carbocycles. The molecule has 0 aromatic heterocycles. The number of hydrogen-bond donors (Lipinski definition) is 2. The minimum atomic E-state index is -0.239. The molecule has 0 aliphatic carbocycles.